The first-order valence-corrected chi connectivity index (χ1v) is 8.42. The zero-order valence-corrected chi connectivity index (χ0v) is 14.9. The van der Waals surface area contributed by atoms with E-state index in [0.717, 1.165) is 11.3 Å². The van der Waals surface area contributed by atoms with Gasteiger partial charge in [-0.2, -0.15) is 0 Å². The third-order valence-corrected chi connectivity index (χ3v) is 4.39. The fourth-order valence-corrected chi connectivity index (χ4v) is 3.16. The van der Waals surface area contributed by atoms with Crippen molar-refractivity contribution in [1.82, 2.24) is 9.78 Å². The van der Waals surface area contributed by atoms with Crippen molar-refractivity contribution in [3.05, 3.63) is 71.6 Å². The second kappa shape index (κ2) is 6.18. The number of aromatic nitrogens is 2. The third-order valence-electron chi connectivity index (χ3n) is 4.39. The minimum absolute atomic E-state index is 0.0926. The van der Waals surface area contributed by atoms with Gasteiger partial charge in [0.1, 0.15) is 11.4 Å². The summed E-state index contributed by atoms with van der Waals surface area (Å²) < 4.78 is 6.93. The molecule has 7 nitrogen and oxygen atoms in total. The first-order valence-electron chi connectivity index (χ1n) is 8.42. The maximum atomic E-state index is 12.3. The Hall–Kier alpha value is -3.79. The van der Waals surface area contributed by atoms with Crippen molar-refractivity contribution in [3.8, 4) is 11.4 Å². The van der Waals surface area contributed by atoms with Crippen molar-refractivity contribution in [1.29, 1.82) is 0 Å². The van der Waals surface area contributed by atoms with E-state index < -0.39 is 11.6 Å². The van der Waals surface area contributed by atoms with Crippen LogP contribution in [-0.4, -0.2) is 15.9 Å². The second-order valence-corrected chi connectivity index (χ2v) is 6.67. The maximum Gasteiger partial charge on any atom is 0.416 e. The van der Waals surface area contributed by atoms with E-state index in [-0.39, 0.29) is 5.82 Å². The Morgan fingerprint density at radius 3 is 2.63 bits per heavy atom. The first kappa shape index (κ1) is 16.7. The second-order valence-electron chi connectivity index (χ2n) is 6.67. The minimum atomic E-state index is -0.680. The summed E-state index contributed by atoms with van der Waals surface area (Å²) in [6.07, 6.45) is -0.680. The molecule has 7 heteroatoms. The molecule has 1 aromatic heterocycles. The number of anilines is 2. The molecule has 0 fully saturated rings. The van der Waals surface area contributed by atoms with Gasteiger partial charge in [0, 0.05) is 5.56 Å². The van der Waals surface area contributed by atoms with E-state index >= 15 is 0 Å². The Balaban J connectivity index is 1.73. The first-order chi connectivity index (χ1) is 13.0. The van der Waals surface area contributed by atoms with Crippen LogP contribution in [0.15, 0.2) is 54.6 Å². The molecule has 134 valence electrons. The van der Waals surface area contributed by atoms with Gasteiger partial charge in [-0.05, 0) is 37.1 Å². The number of benzene rings is 2. The molecule has 2 aromatic carbocycles. The number of rotatable bonds is 2. The Bertz CT molecular complexity index is 1060. The van der Waals surface area contributed by atoms with Crippen LogP contribution in [0.5, 0.6) is 5.75 Å². The summed E-state index contributed by atoms with van der Waals surface area (Å²) in [7, 11) is 0. The van der Waals surface area contributed by atoms with E-state index in [1.54, 1.807) is 28.9 Å². The Kier molecular flexibility index (Phi) is 3.81. The van der Waals surface area contributed by atoms with Gasteiger partial charge in [0.2, 0.25) is 0 Å². The molecular weight excluding hydrogens is 342 g/mol. The van der Waals surface area contributed by atoms with Gasteiger partial charge in [-0.3, -0.25) is 5.32 Å². The Morgan fingerprint density at radius 2 is 1.89 bits per heavy atom. The van der Waals surface area contributed by atoms with Crippen molar-refractivity contribution in [3.63, 3.8) is 0 Å². The average Bonchev–Trinajstić information content (AvgIpc) is 2.99. The van der Waals surface area contributed by atoms with Crippen molar-refractivity contribution in [2.45, 2.75) is 19.4 Å². The molecule has 3 aromatic rings. The molecular formula is C20H17N5O2. The highest BCUT2D eigenvalue weighted by molar-refractivity contribution is 5.96. The standard InChI is InChI=1S/C20H17N5O2/c1-20(2)14-11-7-8-12-15(14)25-18(23-20)16(17(21-3)24-25)22-19(26)27-13-9-5-4-6-10-13/h4-12,23H,1-2H3,(H,22,26). The number of nitrogens with zero attached hydrogens (tertiary/aromatic N) is 3. The Morgan fingerprint density at radius 1 is 1.19 bits per heavy atom. The van der Waals surface area contributed by atoms with Crippen LogP contribution in [0.25, 0.3) is 10.5 Å². The fraction of sp³-hybridized carbons (Fsp3) is 0.150. The lowest BCUT2D eigenvalue weighted by Crippen LogP contribution is -2.35. The van der Waals surface area contributed by atoms with Crippen LogP contribution in [0.2, 0.25) is 0 Å². The molecule has 27 heavy (non-hydrogen) atoms. The smallest absolute Gasteiger partial charge is 0.410 e. The molecule has 4 rings (SSSR count). The van der Waals surface area contributed by atoms with Crippen LogP contribution in [0.1, 0.15) is 19.4 Å². The summed E-state index contributed by atoms with van der Waals surface area (Å²) in [5.41, 5.74) is 1.82. The van der Waals surface area contributed by atoms with Crippen LogP contribution in [-0.2, 0) is 5.54 Å². The Labute approximate surface area is 156 Å². The van der Waals surface area contributed by atoms with Crippen LogP contribution in [0, 0.1) is 6.57 Å². The summed E-state index contributed by atoms with van der Waals surface area (Å²) in [5.74, 6) is 1.06. The molecule has 0 bridgehead atoms. The summed E-state index contributed by atoms with van der Waals surface area (Å²) >= 11 is 0. The van der Waals surface area contributed by atoms with Gasteiger partial charge < -0.3 is 14.9 Å². The number of hydrogen-bond acceptors (Lipinski definition) is 4. The molecule has 0 atom stereocenters. The van der Waals surface area contributed by atoms with Crippen molar-refractivity contribution in [2.75, 3.05) is 10.6 Å². The number of para-hydroxylation sites is 2. The minimum Gasteiger partial charge on any atom is -0.410 e. The largest absolute Gasteiger partial charge is 0.416 e. The van der Waals surface area contributed by atoms with E-state index in [2.05, 4.69) is 20.6 Å². The summed E-state index contributed by atoms with van der Waals surface area (Å²) in [4.78, 5) is 15.8. The van der Waals surface area contributed by atoms with E-state index in [4.69, 9.17) is 11.3 Å². The third kappa shape index (κ3) is 2.87. The van der Waals surface area contributed by atoms with Gasteiger partial charge in [0.25, 0.3) is 0 Å². The number of amides is 1. The molecule has 2 heterocycles. The van der Waals surface area contributed by atoms with Crippen LogP contribution < -0.4 is 15.4 Å². The summed E-state index contributed by atoms with van der Waals surface area (Å²) in [6.45, 7) is 11.5. The monoisotopic (exact) mass is 359 g/mol. The predicted octanol–water partition coefficient (Wildman–Crippen LogP) is 4.69. The average molecular weight is 359 g/mol. The van der Waals surface area contributed by atoms with Gasteiger partial charge in [-0.1, -0.05) is 43.0 Å². The van der Waals surface area contributed by atoms with E-state index in [9.17, 15) is 4.79 Å². The number of hydrogen-bond donors (Lipinski definition) is 2. The lowest BCUT2D eigenvalue weighted by Gasteiger charge is -2.34. The number of fused-ring (bicyclic) bond motifs is 3. The molecule has 1 aliphatic heterocycles. The van der Waals surface area contributed by atoms with E-state index in [0.29, 0.717) is 17.3 Å². The number of carbonyl (C=O) groups is 1. The fourth-order valence-electron chi connectivity index (χ4n) is 3.16. The highest BCUT2D eigenvalue weighted by atomic mass is 16.6. The highest BCUT2D eigenvalue weighted by Crippen LogP contribution is 2.43. The maximum absolute atomic E-state index is 12.3. The summed E-state index contributed by atoms with van der Waals surface area (Å²) in [5, 5.41) is 10.4. The van der Waals surface area contributed by atoms with Crippen molar-refractivity contribution >= 4 is 23.4 Å². The van der Waals surface area contributed by atoms with Gasteiger partial charge in [-0.25, -0.2) is 4.79 Å². The lowest BCUT2D eigenvalue weighted by molar-refractivity contribution is 0.215. The molecule has 0 spiro atoms. The normalized spacial score (nSPS) is 13.5. The number of nitrogens with one attached hydrogen (secondary N) is 2. The molecule has 1 aliphatic rings. The molecule has 2 N–H and O–H groups in total. The molecule has 0 saturated heterocycles. The number of ether oxygens (including phenoxy) is 1. The zero-order chi connectivity index (χ0) is 19.0. The molecule has 0 saturated carbocycles. The van der Waals surface area contributed by atoms with E-state index in [1.807, 2.05) is 44.2 Å². The van der Waals surface area contributed by atoms with Crippen LogP contribution in [0.4, 0.5) is 22.1 Å². The van der Waals surface area contributed by atoms with Crippen molar-refractivity contribution in [2.24, 2.45) is 0 Å². The lowest BCUT2D eigenvalue weighted by atomic mass is 9.91. The molecule has 0 radical (unpaired) electrons. The van der Waals surface area contributed by atoms with Crippen molar-refractivity contribution < 1.29 is 9.53 Å². The molecule has 1 amide bonds. The topological polar surface area (TPSA) is 72.5 Å². The predicted molar refractivity (Wildman–Crippen MR) is 103 cm³/mol. The van der Waals surface area contributed by atoms with Crippen LogP contribution in [0.3, 0.4) is 0 Å². The highest BCUT2D eigenvalue weighted by Gasteiger charge is 2.36. The quantitative estimate of drug-likeness (QED) is 0.651. The SMILES string of the molecule is [C-]#[N+]c1nn2c(c1NC(=O)Oc1ccccc1)NC(C)(C)c1ccccc1-2. The summed E-state index contributed by atoms with van der Waals surface area (Å²) in [6, 6.07) is 16.6. The van der Waals surface area contributed by atoms with Crippen LogP contribution >= 0.6 is 0 Å². The molecule has 0 unspecified atom stereocenters. The molecule has 0 aliphatic carbocycles. The van der Waals surface area contributed by atoms with E-state index in [1.165, 1.54) is 0 Å². The van der Waals surface area contributed by atoms with Gasteiger partial charge >= 0.3 is 11.9 Å². The van der Waals surface area contributed by atoms with Gasteiger partial charge in [0.15, 0.2) is 5.82 Å². The zero-order valence-electron chi connectivity index (χ0n) is 14.9. The van der Waals surface area contributed by atoms with Gasteiger partial charge in [-0.15, -0.1) is 4.68 Å². The van der Waals surface area contributed by atoms with Gasteiger partial charge in [0.05, 0.1) is 11.2 Å². The number of carbonyl (C=O) groups excluding carboxylic acids is 1.